The highest BCUT2D eigenvalue weighted by Gasteiger charge is 2.35. The zero-order valence-corrected chi connectivity index (χ0v) is 81.4. The maximum Gasteiger partial charge on any atom is 0.762 e. The van der Waals surface area contributed by atoms with Crippen molar-refractivity contribution in [3.8, 4) is 0 Å². The zero-order chi connectivity index (χ0) is 96.9. The average molecular weight is 1900 g/mol. The van der Waals surface area contributed by atoms with Crippen molar-refractivity contribution in [1.82, 2.24) is 0 Å². The molecule has 0 unspecified atom stereocenters. The highest BCUT2D eigenvalue weighted by atomic mass is 32.2. The van der Waals surface area contributed by atoms with Crippen molar-refractivity contribution in [2.75, 3.05) is 39.7 Å². The number of aliphatic imine (C=N–C) groups is 4. The maximum atomic E-state index is 12.2. The van der Waals surface area contributed by atoms with Gasteiger partial charge in [0, 0.05) is 94.4 Å². The number of benzene rings is 16. The van der Waals surface area contributed by atoms with Crippen molar-refractivity contribution in [3.63, 3.8) is 0 Å². The van der Waals surface area contributed by atoms with Crippen LogP contribution in [0.4, 0.5) is 64.1 Å². The topological polar surface area (TPSA) is 118 Å². The Balaban J connectivity index is 0.000000165. The van der Waals surface area contributed by atoms with Gasteiger partial charge in [-0.15, -0.1) is 0 Å². The summed E-state index contributed by atoms with van der Waals surface area (Å²) in [6.07, 6.45) is 16.1. The fourth-order valence-electron chi connectivity index (χ4n) is 18.9. The van der Waals surface area contributed by atoms with Crippen LogP contribution in [0, 0.1) is 27.7 Å². The third kappa shape index (κ3) is 24.7. The molecule has 0 bridgehead atoms. The Hall–Kier alpha value is -15.5. The number of aryl methyl sites for hydroxylation is 4. The van der Waals surface area contributed by atoms with E-state index in [1.165, 1.54) is 111 Å². The van der Waals surface area contributed by atoms with E-state index in [9.17, 15) is 21.4 Å². The molecule has 0 atom stereocenters. The quantitative estimate of drug-likeness (QED) is 0.0223. The summed E-state index contributed by atoms with van der Waals surface area (Å²) in [5, 5.41) is 11.0. The number of anilines is 6. The Morgan fingerprint density at radius 2 is 0.901 bits per heavy atom. The molecule has 0 radical (unpaired) electrons. The summed E-state index contributed by atoms with van der Waals surface area (Å²) in [6.45, 7) is 16.8. The van der Waals surface area contributed by atoms with Crippen LogP contribution in [-0.4, -0.2) is 70.0 Å². The smallest absolute Gasteiger partial charge is 0.762 e. The first-order valence-electron chi connectivity index (χ1n) is 48.0. The molecule has 5 aliphatic rings. The standard InChI is InChI=1S/C61H54N5.C31H27N3.C19H18O3S.C12H15N.CH4.BF3.FH/c1-43-27-31-57-51(37-43)39-59(64(57)35-33-47-19-13-17-45-15-9-11-25-55(45)47)62-41-49-29-30-50(61(49)66(53-21-5-3-6-22-53)54-23-7-4-8-24-54)42-63-60-40-52-38-44(2)28-32-58(52)65(60)36-34-48-20-14-18-46-16-10-12-26-56(46)48;1-5-13-27(14-6-1)32-23-25-21-22-26(24-33-28-15-7-2-8-16-28)31(25)34(29-17-9-3-10-18-29)30-19-11-4-12-20-30;1-15-9-11-18(12-10-15)23(20,21)22-14-13-17-7-4-6-16-5-2-3-8-19(16)17;1-8-5-6-11-10(7-8)12(3,4)9(2)13-11;;2-1(3)4;/h3-28,31-32,37-38,41-42H,29-30,33-36,39-40H2,1-2H3;1-20,23-24,32H,21-22H2;2-12H,13-14H2,1H3;5-7H,1-4H3;1H4;;1H/q+1;;;;;;/p-1/b;25-23+,33-24?;;;;;. The van der Waals surface area contributed by atoms with Crippen molar-refractivity contribution < 1.29 is 34.8 Å². The third-order valence-electron chi connectivity index (χ3n) is 26.3. The van der Waals surface area contributed by atoms with Crippen molar-refractivity contribution in [2.45, 2.75) is 124 Å². The molecule has 0 spiro atoms. The minimum Gasteiger partial charge on any atom is -1.00 e. The molecule has 1 N–H and O–H groups in total. The fourth-order valence-corrected chi connectivity index (χ4v) is 19.8. The molecule has 142 heavy (non-hydrogen) atoms. The van der Waals surface area contributed by atoms with Crippen LogP contribution in [0.5, 0.6) is 0 Å². The molecule has 714 valence electrons. The number of nitrogens with one attached hydrogen (secondary N) is 1. The minimum atomic E-state index is -3.70. The van der Waals surface area contributed by atoms with Crippen LogP contribution in [0.1, 0.15) is 110 Å². The van der Waals surface area contributed by atoms with Gasteiger partial charge in [0.2, 0.25) is 0 Å². The molecule has 0 fully saturated rings. The van der Waals surface area contributed by atoms with Gasteiger partial charge < -0.3 is 24.7 Å². The van der Waals surface area contributed by atoms with Gasteiger partial charge in [0.25, 0.3) is 10.1 Å². The van der Waals surface area contributed by atoms with Crippen molar-refractivity contribution >= 4 is 131 Å². The van der Waals surface area contributed by atoms with Crippen LogP contribution < -0.4 is 24.7 Å². The van der Waals surface area contributed by atoms with Gasteiger partial charge in [-0.1, -0.05) is 334 Å². The molecule has 2 aliphatic carbocycles. The number of allylic oxidation sites excluding steroid dienone is 4. The predicted octanol–water partition coefficient (Wildman–Crippen LogP) is 28.3. The van der Waals surface area contributed by atoms with Crippen molar-refractivity contribution in [3.05, 3.63) is 490 Å². The molecular formula is C124H118BF4N9O3S. The second-order valence-electron chi connectivity index (χ2n) is 36.2. The SMILES string of the molecule is C.C(=Nc1ccccc1)C1=C(N(c2ccccc2)c2ccccc2)/C(=C/Nc2ccccc2)CC1.CC1=Nc2ccc(C)cc2C1(C)C.Cc1ccc(S(=O)(=O)OCCc2cccc3ccccc23)cc1.Cc1ccc2c(c1)CC(=NC=C1CCC(C=NC3=[N+](CCc4cccc5ccccc45)c4ccc(C)cc4C3)=C1N(c1ccccc1)c1ccccc1)N2CCc1cccc2ccccc12.FB(F)F.[F-]. The highest BCUT2D eigenvalue weighted by Crippen LogP contribution is 2.45. The van der Waals surface area contributed by atoms with Crippen LogP contribution in [0.15, 0.2) is 459 Å². The summed E-state index contributed by atoms with van der Waals surface area (Å²) >= 11 is 0. The number of hydrogen-bond acceptors (Lipinski definition) is 10. The molecule has 3 aliphatic heterocycles. The maximum absolute atomic E-state index is 12.2. The van der Waals surface area contributed by atoms with Gasteiger partial charge in [0.15, 0.2) is 0 Å². The lowest BCUT2D eigenvalue weighted by molar-refractivity contribution is -0.437. The summed E-state index contributed by atoms with van der Waals surface area (Å²) in [4.78, 5) is 27.7. The van der Waals surface area contributed by atoms with E-state index in [1.54, 1.807) is 24.3 Å². The Bertz CT molecular complexity index is 7430. The first kappa shape index (κ1) is 101. The van der Waals surface area contributed by atoms with Gasteiger partial charge in [-0.05, 0) is 253 Å². The summed E-state index contributed by atoms with van der Waals surface area (Å²) in [5.41, 5.74) is 31.5. The van der Waals surface area contributed by atoms with E-state index in [4.69, 9.17) is 19.2 Å². The van der Waals surface area contributed by atoms with E-state index in [0.717, 1.165) is 144 Å². The molecule has 16 aromatic rings. The number of halogens is 4. The van der Waals surface area contributed by atoms with Crippen LogP contribution >= 0.6 is 0 Å². The second kappa shape index (κ2) is 47.4. The van der Waals surface area contributed by atoms with Crippen LogP contribution in [-0.2, 0) is 51.8 Å². The summed E-state index contributed by atoms with van der Waals surface area (Å²) < 4.78 is 61.0. The largest absolute Gasteiger partial charge is 1.00 e. The summed E-state index contributed by atoms with van der Waals surface area (Å²) in [5.74, 6) is 2.18. The van der Waals surface area contributed by atoms with Gasteiger partial charge in [0.05, 0.1) is 47.2 Å². The normalized spacial score (nSPS) is 14.6. The van der Waals surface area contributed by atoms with E-state index >= 15 is 0 Å². The van der Waals surface area contributed by atoms with Gasteiger partial charge >= 0.3 is 13.4 Å². The molecule has 18 heteroatoms. The average Bonchev–Trinajstić information content (AvgIpc) is 1.59. The molecular weight excluding hydrogens is 1780 g/mol. The lowest BCUT2D eigenvalue weighted by atomic mass is 9.82. The Morgan fingerprint density at radius 3 is 1.44 bits per heavy atom. The number of hydrogen-bond donors (Lipinski definition) is 1. The van der Waals surface area contributed by atoms with E-state index in [1.807, 2.05) is 104 Å². The third-order valence-corrected chi connectivity index (χ3v) is 27.6. The van der Waals surface area contributed by atoms with Gasteiger partial charge in [-0.25, -0.2) is 9.57 Å². The molecule has 16 aromatic carbocycles. The fraction of sp³-hybridized carbons (Fsp3) is 0.169. The molecule has 12 nitrogen and oxygen atoms in total. The van der Waals surface area contributed by atoms with Gasteiger partial charge in [-0.2, -0.15) is 8.42 Å². The Morgan fingerprint density at radius 1 is 0.465 bits per heavy atom. The highest BCUT2D eigenvalue weighted by molar-refractivity contribution is 7.86. The Labute approximate surface area is 833 Å². The molecule has 0 saturated heterocycles. The summed E-state index contributed by atoms with van der Waals surface area (Å²) in [6, 6.07) is 135. The monoisotopic (exact) mass is 1900 g/mol. The lowest BCUT2D eigenvalue weighted by Crippen LogP contribution is -3.00. The molecule has 3 heterocycles. The van der Waals surface area contributed by atoms with Gasteiger partial charge in [-0.3, -0.25) is 27.1 Å². The molecule has 21 rings (SSSR count). The zero-order valence-electron chi connectivity index (χ0n) is 80.5. The summed E-state index contributed by atoms with van der Waals surface area (Å²) in [7, 11) is -7.37. The number of rotatable bonds is 23. The van der Waals surface area contributed by atoms with Crippen molar-refractivity contribution in [1.29, 1.82) is 0 Å². The first-order valence-corrected chi connectivity index (χ1v) is 49.4. The van der Waals surface area contributed by atoms with Crippen LogP contribution in [0.2, 0.25) is 0 Å². The van der Waals surface area contributed by atoms with Crippen molar-refractivity contribution in [2.24, 2.45) is 20.0 Å². The number of fused-ring (bicyclic) bond motifs is 6. The van der Waals surface area contributed by atoms with E-state index in [2.05, 4.69) is 363 Å². The van der Waals surface area contributed by atoms with Crippen LogP contribution in [0.25, 0.3) is 32.3 Å². The minimum absolute atomic E-state index is 0. The van der Waals surface area contributed by atoms with Crippen LogP contribution in [0.3, 0.4) is 0 Å². The van der Waals surface area contributed by atoms with E-state index < -0.39 is 17.7 Å². The number of amidine groups is 2. The molecule has 0 amide bonds. The Kier molecular flexibility index (Phi) is 33.7. The lowest BCUT2D eigenvalue weighted by Gasteiger charge is -2.28. The second-order valence-corrected chi connectivity index (χ2v) is 37.8. The number of nitrogens with zero attached hydrogens (tertiary/aromatic N) is 8. The molecule has 0 aromatic heterocycles. The van der Waals surface area contributed by atoms with E-state index in [0.29, 0.717) is 6.42 Å². The molecule has 0 saturated carbocycles. The van der Waals surface area contributed by atoms with E-state index in [-0.39, 0.29) is 29.0 Å². The first-order chi connectivity index (χ1) is 68.2. The number of para-hydroxylation sites is 6. The predicted molar refractivity (Wildman–Crippen MR) is 586 cm³/mol. The van der Waals surface area contributed by atoms with Gasteiger partial charge in [0.1, 0.15) is 17.7 Å².